The van der Waals surface area contributed by atoms with E-state index in [2.05, 4.69) is 0 Å². The summed E-state index contributed by atoms with van der Waals surface area (Å²) in [6, 6.07) is 24.4. The Morgan fingerprint density at radius 2 is 1.43 bits per heavy atom. The van der Waals surface area contributed by atoms with Gasteiger partial charge in [-0.3, -0.25) is 4.79 Å². The molecule has 3 aromatic rings. The molecule has 0 spiro atoms. The predicted molar refractivity (Wildman–Crippen MR) is 116 cm³/mol. The molecule has 154 valence electrons. The first-order valence-corrected chi connectivity index (χ1v) is 11.2. The minimum atomic E-state index is -4.12. The Balaban J connectivity index is 2.02. The fourth-order valence-electron chi connectivity index (χ4n) is 4.52. The van der Waals surface area contributed by atoms with Crippen molar-refractivity contribution in [2.45, 2.75) is 30.4 Å². The van der Waals surface area contributed by atoms with E-state index in [1.807, 2.05) is 42.5 Å². The highest BCUT2D eigenvalue weighted by Gasteiger charge is 2.55. The minimum absolute atomic E-state index is 0.0561. The van der Waals surface area contributed by atoms with Crippen molar-refractivity contribution in [2.24, 2.45) is 5.92 Å². The van der Waals surface area contributed by atoms with Crippen molar-refractivity contribution in [2.75, 3.05) is 4.31 Å². The van der Waals surface area contributed by atoms with Crippen molar-refractivity contribution in [1.82, 2.24) is 0 Å². The zero-order valence-electron chi connectivity index (χ0n) is 16.8. The molecule has 0 saturated heterocycles. The first-order chi connectivity index (χ1) is 14.3. The molecule has 0 aliphatic carbocycles. The summed E-state index contributed by atoms with van der Waals surface area (Å²) in [6.45, 7) is 2.81. The van der Waals surface area contributed by atoms with Crippen LogP contribution < -0.4 is 4.31 Å². The Labute approximate surface area is 176 Å². The number of carbonyl (C=O) groups is 1. The number of hydrogen-bond acceptors (Lipinski definition) is 4. The van der Waals surface area contributed by atoms with Gasteiger partial charge in [0.05, 0.1) is 16.5 Å². The van der Waals surface area contributed by atoms with Crippen LogP contribution in [0.2, 0.25) is 0 Å². The molecule has 1 aliphatic heterocycles. The average molecular weight is 422 g/mol. The van der Waals surface area contributed by atoms with Gasteiger partial charge in [0.1, 0.15) is 5.78 Å². The zero-order chi connectivity index (χ0) is 21.5. The van der Waals surface area contributed by atoms with Gasteiger partial charge in [-0.15, -0.1) is 0 Å². The van der Waals surface area contributed by atoms with Gasteiger partial charge in [0.25, 0.3) is 10.0 Å². The number of sulfonamides is 1. The first kappa shape index (κ1) is 20.3. The van der Waals surface area contributed by atoms with E-state index in [0.29, 0.717) is 11.3 Å². The normalized spacial score (nSPS) is 23.6. The molecule has 4 rings (SSSR count). The van der Waals surface area contributed by atoms with Crippen molar-refractivity contribution in [3.8, 4) is 0 Å². The summed E-state index contributed by atoms with van der Waals surface area (Å²) in [6.07, 6.45) is 0. The molecule has 3 aromatic carbocycles. The average Bonchev–Trinajstić information content (AvgIpc) is 2.73. The standard InChI is InChI=1S/C24H23NO4S/c1-17(26)23-22(18-11-5-3-6-12-18)20-15-9-10-16-21(20)25(24(23,2)27)30(28,29)19-13-7-4-8-14-19/h3-16,22-23,27H,1-2H3/t22-,23+,24+/m1/s1. The van der Waals surface area contributed by atoms with Crippen LogP contribution in [0.15, 0.2) is 89.8 Å². The summed E-state index contributed by atoms with van der Waals surface area (Å²) < 4.78 is 28.3. The Hall–Kier alpha value is -2.96. The maximum atomic E-state index is 13.6. The third kappa shape index (κ3) is 3.13. The van der Waals surface area contributed by atoms with Gasteiger partial charge in [0, 0.05) is 5.92 Å². The van der Waals surface area contributed by atoms with Gasteiger partial charge in [-0.2, -0.15) is 0 Å². The molecule has 1 N–H and O–H groups in total. The number of anilines is 1. The SMILES string of the molecule is CC(=O)[C@H]1[C@H](c2ccccc2)c2ccccc2N(S(=O)(=O)c2ccccc2)[C@@]1(C)O. The summed E-state index contributed by atoms with van der Waals surface area (Å²) >= 11 is 0. The minimum Gasteiger partial charge on any atom is -0.369 e. The van der Waals surface area contributed by atoms with Crippen LogP contribution in [0.5, 0.6) is 0 Å². The van der Waals surface area contributed by atoms with E-state index in [-0.39, 0.29) is 10.7 Å². The van der Waals surface area contributed by atoms with Gasteiger partial charge < -0.3 is 5.11 Å². The number of nitrogens with zero attached hydrogens (tertiary/aromatic N) is 1. The number of hydrogen-bond donors (Lipinski definition) is 1. The molecular weight excluding hydrogens is 398 g/mol. The summed E-state index contributed by atoms with van der Waals surface area (Å²) in [7, 11) is -4.12. The van der Waals surface area contributed by atoms with Crippen molar-refractivity contribution in [3.05, 3.63) is 96.1 Å². The number of ketones is 1. The Kier molecular flexibility index (Phi) is 5.00. The highest BCUT2D eigenvalue weighted by molar-refractivity contribution is 7.93. The molecule has 1 heterocycles. The van der Waals surface area contributed by atoms with Crippen molar-refractivity contribution in [1.29, 1.82) is 0 Å². The summed E-state index contributed by atoms with van der Waals surface area (Å²) in [5, 5.41) is 11.7. The number of rotatable bonds is 4. The fourth-order valence-corrected chi connectivity index (χ4v) is 6.26. The maximum absolute atomic E-state index is 13.6. The van der Waals surface area contributed by atoms with Crippen LogP contribution in [0, 0.1) is 5.92 Å². The maximum Gasteiger partial charge on any atom is 0.266 e. The van der Waals surface area contributed by atoms with Gasteiger partial charge in [-0.25, -0.2) is 12.7 Å². The van der Waals surface area contributed by atoms with Gasteiger partial charge >= 0.3 is 0 Å². The number of Topliss-reactive ketones (excluding diaryl/α,β-unsaturated/α-hetero) is 1. The smallest absolute Gasteiger partial charge is 0.266 e. The highest BCUT2D eigenvalue weighted by Crippen LogP contribution is 2.51. The summed E-state index contributed by atoms with van der Waals surface area (Å²) in [4.78, 5) is 12.9. The van der Waals surface area contributed by atoms with Gasteiger partial charge in [0.15, 0.2) is 5.72 Å². The molecular formula is C24H23NO4S. The zero-order valence-corrected chi connectivity index (χ0v) is 17.6. The Bertz CT molecular complexity index is 1170. The Morgan fingerprint density at radius 1 is 0.900 bits per heavy atom. The van der Waals surface area contributed by atoms with E-state index in [9.17, 15) is 18.3 Å². The second kappa shape index (κ2) is 7.38. The molecule has 1 aliphatic rings. The fraction of sp³-hybridized carbons (Fsp3) is 0.208. The van der Waals surface area contributed by atoms with Crippen molar-refractivity contribution < 1.29 is 18.3 Å². The van der Waals surface area contributed by atoms with Gasteiger partial charge in [0.2, 0.25) is 0 Å². The predicted octanol–water partition coefficient (Wildman–Crippen LogP) is 3.94. The summed E-state index contributed by atoms with van der Waals surface area (Å²) in [5.74, 6) is -1.73. The second-order valence-corrected chi connectivity index (χ2v) is 9.50. The molecule has 3 atom stereocenters. The molecule has 0 fully saturated rings. The molecule has 0 amide bonds. The van der Waals surface area contributed by atoms with E-state index < -0.39 is 27.6 Å². The third-order valence-corrected chi connectivity index (χ3v) is 7.62. The largest absolute Gasteiger partial charge is 0.369 e. The third-order valence-electron chi connectivity index (χ3n) is 5.70. The van der Waals surface area contributed by atoms with Crippen molar-refractivity contribution in [3.63, 3.8) is 0 Å². The molecule has 0 unspecified atom stereocenters. The van der Waals surface area contributed by atoms with Crippen LogP contribution in [-0.4, -0.2) is 25.0 Å². The highest BCUT2D eigenvalue weighted by atomic mass is 32.2. The number of carbonyl (C=O) groups excluding carboxylic acids is 1. The monoisotopic (exact) mass is 421 g/mol. The molecule has 0 radical (unpaired) electrons. The molecule has 30 heavy (non-hydrogen) atoms. The second-order valence-electron chi connectivity index (χ2n) is 7.71. The van der Waals surface area contributed by atoms with E-state index in [4.69, 9.17) is 0 Å². The van der Waals surface area contributed by atoms with E-state index in [1.54, 1.807) is 30.3 Å². The molecule has 0 bridgehead atoms. The number of benzene rings is 3. The van der Waals surface area contributed by atoms with Crippen LogP contribution in [0.1, 0.15) is 30.9 Å². The molecule has 0 saturated carbocycles. The van der Waals surface area contributed by atoms with E-state index in [0.717, 1.165) is 9.87 Å². The van der Waals surface area contributed by atoms with Crippen LogP contribution in [-0.2, 0) is 14.8 Å². The van der Waals surface area contributed by atoms with Crippen LogP contribution in [0.25, 0.3) is 0 Å². The summed E-state index contributed by atoms with van der Waals surface area (Å²) in [5.41, 5.74) is -0.0511. The van der Waals surface area contributed by atoms with Crippen LogP contribution in [0.4, 0.5) is 5.69 Å². The van der Waals surface area contributed by atoms with Crippen LogP contribution in [0.3, 0.4) is 0 Å². The van der Waals surface area contributed by atoms with Crippen LogP contribution >= 0.6 is 0 Å². The molecule has 6 heteroatoms. The van der Waals surface area contributed by atoms with E-state index in [1.165, 1.54) is 26.0 Å². The lowest BCUT2D eigenvalue weighted by Gasteiger charge is -2.49. The van der Waals surface area contributed by atoms with Crippen molar-refractivity contribution >= 4 is 21.5 Å². The first-order valence-electron chi connectivity index (χ1n) is 9.73. The van der Waals surface area contributed by atoms with E-state index >= 15 is 0 Å². The van der Waals surface area contributed by atoms with Gasteiger partial charge in [-0.05, 0) is 43.2 Å². The number of aliphatic hydroxyl groups is 1. The quantitative estimate of drug-likeness (QED) is 0.692. The lowest BCUT2D eigenvalue weighted by molar-refractivity contribution is -0.129. The topological polar surface area (TPSA) is 74.7 Å². The Morgan fingerprint density at radius 3 is 2.03 bits per heavy atom. The molecule has 0 aromatic heterocycles. The number of fused-ring (bicyclic) bond motifs is 1. The van der Waals surface area contributed by atoms with Gasteiger partial charge in [-0.1, -0.05) is 66.7 Å². The number of para-hydroxylation sites is 1. The lowest BCUT2D eigenvalue weighted by atomic mass is 9.71. The molecule has 5 nitrogen and oxygen atoms in total. The lowest BCUT2D eigenvalue weighted by Crippen LogP contribution is -2.61.